The molecule has 1 aromatic rings. The molecule has 0 spiro atoms. The maximum absolute atomic E-state index is 12.1. The Labute approximate surface area is 125 Å². The number of carbonyl (C=O) groups is 1. The SMILES string of the molecule is CCOc1ccccc1NC(=O)NC1CCC(CO)CC1. The lowest BCUT2D eigenvalue weighted by atomic mass is 9.87. The maximum Gasteiger partial charge on any atom is 0.319 e. The number of hydrogen-bond donors (Lipinski definition) is 3. The molecule has 1 aromatic carbocycles. The quantitative estimate of drug-likeness (QED) is 0.781. The van der Waals surface area contributed by atoms with Gasteiger partial charge in [0.25, 0.3) is 0 Å². The molecule has 0 aromatic heterocycles. The zero-order valence-corrected chi connectivity index (χ0v) is 12.5. The predicted molar refractivity (Wildman–Crippen MR) is 82.6 cm³/mol. The van der Waals surface area contributed by atoms with Crippen LogP contribution in [0.4, 0.5) is 10.5 Å². The van der Waals surface area contributed by atoms with Gasteiger partial charge in [0.2, 0.25) is 0 Å². The third-order valence-electron chi connectivity index (χ3n) is 3.88. The standard InChI is InChI=1S/C16H24N2O3/c1-2-21-15-6-4-3-5-14(15)18-16(20)17-13-9-7-12(11-19)8-10-13/h3-6,12-13,19H,2,7-11H2,1H3,(H2,17,18,20). The van der Waals surface area contributed by atoms with Gasteiger partial charge in [0.15, 0.2) is 0 Å². The molecule has 0 saturated heterocycles. The van der Waals surface area contributed by atoms with Gasteiger partial charge in [-0.1, -0.05) is 12.1 Å². The highest BCUT2D eigenvalue weighted by Gasteiger charge is 2.22. The number of benzene rings is 1. The Morgan fingerprint density at radius 3 is 2.67 bits per heavy atom. The van der Waals surface area contributed by atoms with Crippen LogP contribution in [-0.4, -0.2) is 30.4 Å². The van der Waals surface area contributed by atoms with Crippen molar-refractivity contribution in [2.75, 3.05) is 18.5 Å². The lowest BCUT2D eigenvalue weighted by molar-refractivity contribution is 0.176. The van der Waals surface area contributed by atoms with Gasteiger partial charge in [0.05, 0.1) is 12.3 Å². The van der Waals surface area contributed by atoms with Gasteiger partial charge in [-0.15, -0.1) is 0 Å². The second-order valence-corrected chi connectivity index (χ2v) is 5.43. The van der Waals surface area contributed by atoms with Crippen LogP contribution in [0.5, 0.6) is 5.75 Å². The maximum atomic E-state index is 12.1. The Morgan fingerprint density at radius 2 is 2.00 bits per heavy atom. The largest absolute Gasteiger partial charge is 0.492 e. The van der Waals surface area contributed by atoms with Crippen molar-refractivity contribution in [3.63, 3.8) is 0 Å². The summed E-state index contributed by atoms with van der Waals surface area (Å²) >= 11 is 0. The van der Waals surface area contributed by atoms with Gasteiger partial charge >= 0.3 is 6.03 Å². The van der Waals surface area contributed by atoms with Gasteiger partial charge in [-0.25, -0.2) is 4.79 Å². The van der Waals surface area contributed by atoms with E-state index in [4.69, 9.17) is 9.84 Å². The average molecular weight is 292 g/mol. The molecule has 0 atom stereocenters. The summed E-state index contributed by atoms with van der Waals surface area (Å²) in [6, 6.07) is 7.40. The molecule has 0 radical (unpaired) electrons. The molecule has 0 unspecified atom stereocenters. The van der Waals surface area contributed by atoms with Crippen LogP contribution in [0.3, 0.4) is 0 Å². The molecule has 2 amide bonds. The minimum absolute atomic E-state index is 0.187. The topological polar surface area (TPSA) is 70.6 Å². The molecule has 1 aliphatic rings. The van der Waals surface area contributed by atoms with Crippen molar-refractivity contribution in [2.24, 2.45) is 5.92 Å². The number of urea groups is 1. The number of carbonyl (C=O) groups excluding carboxylic acids is 1. The van der Waals surface area contributed by atoms with Crippen LogP contribution >= 0.6 is 0 Å². The Hall–Kier alpha value is -1.75. The molecule has 2 rings (SSSR count). The van der Waals surface area contributed by atoms with Crippen LogP contribution in [0, 0.1) is 5.92 Å². The van der Waals surface area contributed by atoms with E-state index in [0.29, 0.717) is 24.0 Å². The Morgan fingerprint density at radius 1 is 1.29 bits per heavy atom. The number of hydrogen-bond acceptors (Lipinski definition) is 3. The first-order valence-electron chi connectivity index (χ1n) is 7.63. The molecule has 5 heteroatoms. The van der Waals surface area contributed by atoms with Gasteiger partial charge in [0.1, 0.15) is 5.75 Å². The molecule has 116 valence electrons. The molecular weight excluding hydrogens is 268 g/mol. The van der Waals surface area contributed by atoms with Gasteiger partial charge in [-0.2, -0.15) is 0 Å². The number of aliphatic hydroxyl groups is 1. The van der Waals surface area contributed by atoms with Gasteiger partial charge < -0.3 is 20.5 Å². The van der Waals surface area contributed by atoms with E-state index in [1.54, 1.807) is 0 Å². The fourth-order valence-corrected chi connectivity index (χ4v) is 2.68. The molecule has 1 aliphatic carbocycles. The van der Waals surface area contributed by atoms with Crippen molar-refractivity contribution < 1.29 is 14.6 Å². The van der Waals surface area contributed by atoms with Crippen LogP contribution in [0.1, 0.15) is 32.6 Å². The first-order chi connectivity index (χ1) is 10.2. The lowest BCUT2D eigenvalue weighted by Crippen LogP contribution is -2.40. The van der Waals surface area contributed by atoms with Crippen LogP contribution in [0.25, 0.3) is 0 Å². The average Bonchev–Trinajstić information content (AvgIpc) is 2.50. The molecule has 1 saturated carbocycles. The number of para-hydroxylation sites is 2. The van der Waals surface area contributed by atoms with Crippen LogP contribution < -0.4 is 15.4 Å². The van der Waals surface area contributed by atoms with E-state index in [1.165, 1.54) is 0 Å². The van der Waals surface area contributed by atoms with E-state index in [9.17, 15) is 4.79 Å². The monoisotopic (exact) mass is 292 g/mol. The summed E-state index contributed by atoms with van der Waals surface area (Å²) in [5.41, 5.74) is 0.681. The first kappa shape index (κ1) is 15.6. The minimum atomic E-state index is -0.199. The van der Waals surface area contributed by atoms with E-state index < -0.39 is 0 Å². The van der Waals surface area contributed by atoms with E-state index >= 15 is 0 Å². The Balaban J connectivity index is 1.85. The normalized spacial score (nSPS) is 21.6. The summed E-state index contributed by atoms with van der Waals surface area (Å²) in [4.78, 5) is 12.1. The molecule has 5 nitrogen and oxygen atoms in total. The van der Waals surface area contributed by atoms with Crippen molar-refractivity contribution in [1.29, 1.82) is 0 Å². The number of rotatable bonds is 5. The predicted octanol–water partition coefficient (Wildman–Crippen LogP) is 2.76. The second kappa shape index (κ2) is 7.88. The highest BCUT2D eigenvalue weighted by Crippen LogP contribution is 2.25. The molecule has 21 heavy (non-hydrogen) atoms. The molecule has 1 fully saturated rings. The summed E-state index contributed by atoms with van der Waals surface area (Å²) in [6.45, 7) is 2.72. The van der Waals surface area contributed by atoms with E-state index in [2.05, 4.69) is 10.6 Å². The van der Waals surface area contributed by atoms with E-state index in [-0.39, 0.29) is 18.7 Å². The Bertz CT molecular complexity index is 457. The van der Waals surface area contributed by atoms with Crippen molar-refractivity contribution >= 4 is 11.7 Å². The fourth-order valence-electron chi connectivity index (χ4n) is 2.68. The summed E-state index contributed by atoms with van der Waals surface area (Å²) in [5, 5.41) is 15.0. The van der Waals surface area contributed by atoms with Crippen molar-refractivity contribution in [1.82, 2.24) is 5.32 Å². The van der Waals surface area contributed by atoms with Crippen molar-refractivity contribution in [2.45, 2.75) is 38.6 Å². The second-order valence-electron chi connectivity index (χ2n) is 5.43. The van der Waals surface area contributed by atoms with Crippen molar-refractivity contribution in [3.05, 3.63) is 24.3 Å². The molecule has 0 heterocycles. The lowest BCUT2D eigenvalue weighted by Gasteiger charge is -2.28. The number of amides is 2. The summed E-state index contributed by atoms with van der Waals surface area (Å²) in [6.07, 6.45) is 3.78. The summed E-state index contributed by atoms with van der Waals surface area (Å²) < 4.78 is 5.49. The highest BCUT2D eigenvalue weighted by molar-refractivity contribution is 5.91. The zero-order valence-electron chi connectivity index (χ0n) is 12.5. The van der Waals surface area contributed by atoms with E-state index in [0.717, 1.165) is 25.7 Å². The van der Waals surface area contributed by atoms with Gasteiger partial charge in [-0.05, 0) is 50.7 Å². The minimum Gasteiger partial charge on any atom is -0.492 e. The first-order valence-corrected chi connectivity index (χ1v) is 7.63. The highest BCUT2D eigenvalue weighted by atomic mass is 16.5. The van der Waals surface area contributed by atoms with Gasteiger partial charge in [0, 0.05) is 12.6 Å². The number of anilines is 1. The Kier molecular flexibility index (Phi) is 5.87. The fraction of sp³-hybridized carbons (Fsp3) is 0.562. The van der Waals surface area contributed by atoms with Crippen LogP contribution in [0.2, 0.25) is 0 Å². The summed E-state index contributed by atoms with van der Waals surface area (Å²) in [5.74, 6) is 1.07. The third-order valence-corrected chi connectivity index (χ3v) is 3.88. The molecular formula is C16H24N2O3. The number of aliphatic hydroxyl groups excluding tert-OH is 1. The smallest absolute Gasteiger partial charge is 0.319 e. The zero-order chi connectivity index (χ0) is 15.1. The molecule has 0 bridgehead atoms. The number of nitrogens with one attached hydrogen (secondary N) is 2. The van der Waals surface area contributed by atoms with Crippen LogP contribution in [0.15, 0.2) is 24.3 Å². The number of ether oxygens (including phenoxy) is 1. The molecule has 0 aliphatic heterocycles. The third kappa shape index (κ3) is 4.63. The summed E-state index contributed by atoms with van der Waals surface area (Å²) in [7, 11) is 0. The van der Waals surface area contributed by atoms with Crippen molar-refractivity contribution in [3.8, 4) is 5.75 Å². The van der Waals surface area contributed by atoms with E-state index in [1.807, 2.05) is 31.2 Å². The molecule has 3 N–H and O–H groups in total. The van der Waals surface area contributed by atoms with Crippen LogP contribution in [-0.2, 0) is 0 Å². The van der Waals surface area contributed by atoms with Gasteiger partial charge in [-0.3, -0.25) is 0 Å².